The van der Waals surface area contributed by atoms with Crippen LogP contribution in [0, 0.1) is 11.6 Å². The fourth-order valence-electron chi connectivity index (χ4n) is 1.34. The van der Waals surface area contributed by atoms with E-state index >= 15 is 0 Å². The van der Waals surface area contributed by atoms with E-state index in [0.29, 0.717) is 11.1 Å². The highest BCUT2D eigenvalue weighted by atomic mass is 19.2. The average Bonchev–Trinajstić information content (AvgIpc) is 2.23. The van der Waals surface area contributed by atoms with Crippen molar-refractivity contribution >= 4 is 0 Å². The van der Waals surface area contributed by atoms with Gasteiger partial charge in [-0.05, 0) is 11.6 Å². The molecule has 70 valence electrons. The maximum atomic E-state index is 13.3. The normalized spacial score (nSPS) is 10.1. The second-order valence-electron chi connectivity index (χ2n) is 2.97. The summed E-state index contributed by atoms with van der Waals surface area (Å²) in [6.07, 6.45) is 0. The molecule has 0 heterocycles. The maximum Gasteiger partial charge on any atom is 0.166 e. The molecule has 0 unspecified atom stereocenters. The summed E-state index contributed by atoms with van der Waals surface area (Å²) < 4.78 is 26.2. The third-order valence-electron chi connectivity index (χ3n) is 2.04. The predicted octanol–water partition coefficient (Wildman–Crippen LogP) is 3.63. The Labute approximate surface area is 80.8 Å². The first-order chi connectivity index (χ1) is 6.79. The van der Waals surface area contributed by atoms with Crippen LogP contribution in [0.5, 0.6) is 0 Å². The molecule has 14 heavy (non-hydrogen) atoms. The molecule has 0 saturated carbocycles. The third-order valence-corrected chi connectivity index (χ3v) is 2.04. The van der Waals surface area contributed by atoms with Crippen LogP contribution in [0.15, 0.2) is 48.5 Å². The summed E-state index contributed by atoms with van der Waals surface area (Å²) >= 11 is 0. The van der Waals surface area contributed by atoms with Gasteiger partial charge in [-0.2, -0.15) is 0 Å². The van der Waals surface area contributed by atoms with E-state index in [1.54, 1.807) is 30.3 Å². The fraction of sp³-hybridized carbons (Fsp3) is 0. The van der Waals surface area contributed by atoms with Gasteiger partial charge in [-0.15, -0.1) is 0 Å². The molecule has 0 atom stereocenters. The van der Waals surface area contributed by atoms with Gasteiger partial charge in [0, 0.05) is 5.56 Å². The minimum atomic E-state index is -0.814. The van der Waals surface area contributed by atoms with Crippen LogP contribution in [-0.4, -0.2) is 0 Å². The summed E-state index contributed by atoms with van der Waals surface area (Å²) in [4.78, 5) is 0. The van der Waals surface area contributed by atoms with Crippen molar-refractivity contribution in [2.75, 3.05) is 0 Å². The van der Waals surface area contributed by atoms with E-state index in [1.807, 2.05) is 6.07 Å². The van der Waals surface area contributed by atoms with Gasteiger partial charge in [0.15, 0.2) is 11.6 Å². The standard InChI is InChI=1S/C12H8F2/c13-11-8-4-7-10(12(11)14)9-5-2-1-3-6-9/h1-8H. The molecule has 0 N–H and O–H groups in total. The van der Waals surface area contributed by atoms with E-state index in [4.69, 9.17) is 0 Å². The monoisotopic (exact) mass is 190 g/mol. The van der Waals surface area contributed by atoms with Gasteiger partial charge in [-0.3, -0.25) is 0 Å². The molecule has 2 rings (SSSR count). The van der Waals surface area contributed by atoms with E-state index in [-0.39, 0.29) is 0 Å². The van der Waals surface area contributed by atoms with Gasteiger partial charge in [0.25, 0.3) is 0 Å². The molecule has 0 aliphatic heterocycles. The Balaban J connectivity index is 2.58. The second kappa shape index (κ2) is 3.58. The van der Waals surface area contributed by atoms with Crippen molar-refractivity contribution in [2.45, 2.75) is 0 Å². The van der Waals surface area contributed by atoms with Crippen LogP contribution in [0.2, 0.25) is 0 Å². The van der Waals surface area contributed by atoms with Crippen LogP contribution in [0.4, 0.5) is 8.78 Å². The minimum absolute atomic E-state index is 0.297. The second-order valence-corrected chi connectivity index (χ2v) is 2.97. The van der Waals surface area contributed by atoms with E-state index < -0.39 is 11.6 Å². The minimum Gasteiger partial charge on any atom is -0.204 e. The van der Waals surface area contributed by atoms with E-state index in [2.05, 4.69) is 0 Å². The molecule has 2 aromatic carbocycles. The summed E-state index contributed by atoms with van der Waals surface area (Å²) in [5.41, 5.74) is 0.982. The lowest BCUT2D eigenvalue weighted by Gasteiger charge is -2.02. The molecule has 2 heteroatoms. The van der Waals surface area contributed by atoms with Crippen molar-refractivity contribution in [3.63, 3.8) is 0 Å². The lowest BCUT2D eigenvalue weighted by Crippen LogP contribution is -1.88. The highest BCUT2D eigenvalue weighted by Gasteiger charge is 2.08. The van der Waals surface area contributed by atoms with E-state index in [0.717, 1.165) is 6.07 Å². The Morgan fingerprint density at radius 2 is 1.43 bits per heavy atom. The number of benzene rings is 2. The Hall–Kier alpha value is -1.70. The Bertz CT molecular complexity index is 435. The van der Waals surface area contributed by atoms with Crippen molar-refractivity contribution in [3.8, 4) is 11.1 Å². The lowest BCUT2D eigenvalue weighted by atomic mass is 10.1. The number of hydrogen-bond acceptors (Lipinski definition) is 0. The number of halogens is 2. The molecule has 0 saturated heterocycles. The molecule has 0 aromatic heterocycles. The van der Waals surface area contributed by atoms with Crippen LogP contribution >= 0.6 is 0 Å². The van der Waals surface area contributed by atoms with Crippen LogP contribution in [0.1, 0.15) is 0 Å². The number of hydrogen-bond donors (Lipinski definition) is 0. The van der Waals surface area contributed by atoms with Crippen LogP contribution < -0.4 is 0 Å². The summed E-state index contributed by atoms with van der Waals surface area (Å²) in [5, 5.41) is 0. The molecule has 0 aliphatic carbocycles. The van der Waals surface area contributed by atoms with E-state index in [9.17, 15) is 8.78 Å². The lowest BCUT2D eigenvalue weighted by molar-refractivity contribution is 0.511. The zero-order valence-corrected chi connectivity index (χ0v) is 7.37. The smallest absolute Gasteiger partial charge is 0.166 e. The van der Waals surface area contributed by atoms with Crippen molar-refractivity contribution < 1.29 is 8.78 Å². The molecular formula is C12H8F2. The molecule has 0 aliphatic rings. The first-order valence-corrected chi connectivity index (χ1v) is 4.28. The molecule has 0 fully saturated rings. The Kier molecular flexibility index (Phi) is 2.27. The molecule has 0 radical (unpaired) electrons. The maximum absolute atomic E-state index is 13.3. The average molecular weight is 190 g/mol. The summed E-state index contributed by atoms with van der Waals surface area (Å²) in [6, 6.07) is 13.1. The fourth-order valence-corrected chi connectivity index (χ4v) is 1.34. The van der Waals surface area contributed by atoms with Crippen molar-refractivity contribution in [1.29, 1.82) is 0 Å². The SMILES string of the molecule is Fc1cccc(-c2ccccc2)c1F. The van der Waals surface area contributed by atoms with Gasteiger partial charge in [0.05, 0.1) is 0 Å². The van der Waals surface area contributed by atoms with Crippen LogP contribution in [-0.2, 0) is 0 Å². The number of rotatable bonds is 1. The zero-order valence-electron chi connectivity index (χ0n) is 7.37. The Morgan fingerprint density at radius 1 is 0.714 bits per heavy atom. The van der Waals surface area contributed by atoms with Crippen molar-refractivity contribution in [1.82, 2.24) is 0 Å². The third kappa shape index (κ3) is 1.51. The highest BCUT2D eigenvalue weighted by molar-refractivity contribution is 5.63. The van der Waals surface area contributed by atoms with Crippen molar-refractivity contribution in [3.05, 3.63) is 60.2 Å². The van der Waals surface area contributed by atoms with Gasteiger partial charge in [-0.1, -0.05) is 42.5 Å². The van der Waals surface area contributed by atoms with Crippen LogP contribution in [0.3, 0.4) is 0 Å². The summed E-state index contributed by atoms with van der Waals surface area (Å²) in [6.45, 7) is 0. The van der Waals surface area contributed by atoms with Gasteiger partial charge in [0.1, 0.15) is 0 Å². The van der Waals surface area contributed by atoms with E-state index in [1.165, 1.54) is 6.07 Å². The highest BCUT2D eigenvalue weighted by Crippen LogP contribution is 2.23. The molecule has 0 bridgehead atoms. The van der Waals surface area contributed by atoms with Gasteiger partial charge >= 0.3 is 0 Å². The zero-order chi connectivity index (χ0) is 9.97. The van der Waals surface area contributed by atoms with Gasteiger partial charge < -0.3 is 0 Å². The van der Waals surface area contributed by atoms with Crippen molar-refractivity contribution in [2.24, 2.45) is 0 Å². The predicted molar refractivity (Wildman–Crippen MR) is 51.8 cm³/mol. The molecular weight excluding hydrogens is 182 g/mol. The summed E-state index contributed by atoms with van der Waals surface area (Å²) in [7, 11) is 0. The first-order valence-electron chi connectivity index (χ1n) is 4.28. The summed E-state index contributed by atoms with van der Waals surface area (Å²) in [5.74, 6) is -1.61. The van der Waals surface area contributed by atoms with Gasteiger partial charge in [0.2, 0.25) is 0 Å². The van der Waals surface area contributed by atoms with Crippen LogP contribution in [0.25, 0.3) is 11.1 Å². The quantitative estimate of drug-likeness (QED) is 0.644. The topological polar surface area (TPSA) is 0 Å². The van der Waals surface area contributed by atoms with Gasteiger partial charge in [-0.25, -0.2) is 8.78 Å². The largest absolute Gasteiger partial charge is 0.204 e. The molecule has 0 nitrogen and oxygen atoms in total. The molecule has 0 amide bonds. The Morgan fingerprint density at radius 3 is 2.14 bits per heavy atom. The first kappa shape index (κ1) is 8.88. The molecule has 0 spiro atoms. The molecule has 2 aromatic rings.